The van der Waals surface area contributed by atoms with E-state index in [9.17, 15) is 4.79 Å². The Kier molecular flexibility index (Phi) is 4.16. The van der Waals surface area contributed by atoms with Gasteiger partial charge in [0.15, 0.2) is 0 Å². The van der Waals surface area contributed by atoms with Gasteiger partial charge in [-0.1, -0.05) is 11.2 Å². The molecule has 0 aliphatic heterocycles. The number of hydrogen-bond donors (Lipinski definition) is 1. The predicted molar refractivity (Wildman–Crippen MR) is 70.8 cm³/mol. The zero-order valence-electron chi connectivity index (χ0n) is 10.6. The smallest absolute Gasteiger partial charge is 0.313 e. The summed E-state index contributed by atoms with van der Waals surface area (Å²) in [5, 5.41) is 12.4. The van der Waals surface area contributed by atoms with Gasteiger partial charge >= 0.3 is 5.97 Å². The van der Waals surface area contributed by atoms with Crippen molar-refractivity contribution in [2.24, 2.45) is 0 Å². The van der Waals surface area contributed by atoms with Gasteiger partial charge in [0.05, 0.1) is 11.5 Å². The maximum absolute atomic E-state index is 10.4. The van der Waals surface area contributed by atoms with Crippen LogP contribution in [0.2, 0.25) is 0 Å². The minimum absolute atomic E-state index is 0.0134. The van der Waals surface area contributed by atoms with E-state index in [2.05, 4.69) is 15.1 Å². The fourth-order valence-corrected chi connectivity index (χ4v) is 2.15. The molecule has 0 aliphatic carbocycles. The van der Waals surface area contributed by atoms with Gasteiger partial charge < -0.3 is 9.63 Å². The number of carboxylic acids is 1. The minimum Gasteiger partial charge on any atom is -0.481 e. The van der Waals surface area contributed by atoms with Crippen molar-refractivity contribution in [2.45, 2.75) is 19.6 Å². The van der Waals surface area contributed by atoms with Crippen molar-refractivity contribution in [1.82, 2.24) is 15.1 Å². The lowest BCUT2D eigenvalue weighted by atomic mass is 10.1. The van der Waals surface area contributed by atoms with E-state index >= 15 is 0 Å². The van der Waals surface area contributed by atoms with Crippen LogP contribution in [0.1, 0.15) is 17.0 Å². The van der Waals surface area contributed by atoms with Crippen LogP contribution in [-0.4, -0.2) is 32.0 Å². The van der Waals surface area contributed by atoms with Gasteiger partial charge in [-0.2, -0.15) is 4.98 Å². The van der Waals surface area contributed by atoms with E-state index in [0.717, 1.165) is 11.1 Å². The Bertz CT molecular complexity index is 598. The van der Waals surface area contributed by atoms with Crippen molar-refractivity contribution in [1.29, 1.82) is 0 Å². The van der Waals surface area contributed by atoms with E-state index in [0.29, 0.717) is 23.2 Å². The number of nitrogens with zero attached hydrogens (tertiary/aromatic N) is 3. The lowest BCUT2D eigenvalue weighted by Crippen LogP contribution is -1.98. The predicted octanol–water partition coefficient (Wildman–Crippen LogP) is 2.07. The molecular formula is C12H13N3O3S. The zero-order valence-corrected chi connectivity index (χ0v) is 11.4. The fraction of sp³-hybridized carbons (Fsp3) is 0.333. The molecule has 2 heterocycles. The van der Waals surface area contributed by atoms with Gasteiger partial charge in [-0.15, -0.1) is 11.8 Å². The van der Waals surface area contributed by atoms with Crippen LogP contribution in [0.15, 0.2) is 16.8 Å². The average Bonchev–Trinajstić information content (AvgIpc) is 2.77. The van der Waals surface area contributed by atoms with Crippen LogP contribution < -0.4 is 0 Å². The highest BCUT2D eigenvalue weighted by Crippen LogP contribution is 2.20. The molecule has 0 aromatic carbocycles. The summed E-state index contributed by atoms with van der Waals surface area (Å²) < 4.78 is 5.07. The summed E-state index contributed by atoms with van der Waals surface area (Å²) in [6.45, 7) is 3.90. The summed E-state index contributed by atoms with van der Waals surface area (Å²) in [5.41, 5.74) is 2.73. The Morgan fingerprint density at radius 2 is 2.26 bits per heavy atom. The van der Waals surface area contributed by atoms with Crippen LogP contribution in [0, 0.1) is 13.8 Å². The van der Waals surface area contributed by atoms with Gasteiger partial charge in [-0.25, -0.2) is 0 Å². The lowest BCUT2D eigenvalue weighted by Gasteiger charge is -2.00. The van der Waals surface area contributed by atoms with Crippen molar-refractivity contribution in [2.75, 3.05) is 5.75 Å². The summed E-state index contributed by atoms with van der Waals surface area (Å²) in [6.07, 6.45) is 1.75. The van der Waals surface area contributed by atoms with Crippen LogP contribution in [0.4, 0.5) is 0 Å². The van der Waals surface area contributed by atoms with Crippen molar-refractivity contribution >= 4 is 17.7 Å². The van der Waals surface area contributed by atoms with Gasteiger partial charge in [-0.05, 0) is 25.0 Å². The number of aromatic nitrogens is 3. The molecule has 0 aliphatic rings. The molecule has 0 saturated carbocycles. The Balaban J connectivity index is 2.10. The van der Waals surface area contributed by atoms with Crippen LogP contribution in [-0.2, 0) is 10.5 Å². The third-order valence-corrected chi connectivity index (χ3v) is 3.25. The van der Waals surface area contributed by atoms with E-state index in [1.165, 1.54) is 11.8 Å². The summed E-state index contributed by atoms with van der Waals surface area (Å²) in [7, 11) is 0. The molecule has 100 valence electrons. The quantitative estimate of drug-likeness (QED) is 0.896. The standard InChI is InChI=1S/C12H13N3O3S/c1-7-3-8(2)11(13-4-7)12-14-9(18-15-12)5-19-6-10(16)17/h3-4H,5-6H2,1-2H3,(H,16,17). The Morgan fingerprint density at radius 3 is 2.95 bits per heavy atom. The summed E-state index contributed by atoms with van der Waals surface area (Å²) in [4.78, 5) is 18.9. The van der Waals surface area contributed by atoms with E-state index in [4.69, 9.17) is 9.63 Å². The second-order valence-electron chi connectivity index (χ2n) is 4.08. The molecule has 2 rings (SSSR count). The second-order valence-corrected chi connectivity index (χ2v) is 5.06. The van der Waals surface area contributed by atoms with Gasteiger partial charge in [-0.3, -0.25) is 9.78 Å². The SMILES string of the molecule is Cc1cnc(-c2noc(CSCC(=O)O)n2)c(C)c1. The summed E-state index contributed by atoms with van der Waals surface area (Å²) >= 11 is 1.21. The van der Waals surface area contributed by atoms with Crippen LogP contribution in [0.5, 0.6) is 0 Å². The monoisotopic (exact) mass is 279 g/mol. The Morgan fingerprint density at radius 1 is 1.47 bits per heavy atom. The molecule has 2 aromatic rings. The first-order valence-electron chi connectivity index (χ1n) is 5.62. The number of aryl methyl sites for hydroxylation is 2. The van der Waals surface area contributed by atoms with Gasteiger partial charge in [0.1, 0.15) is 5.69 Å². The number of carboxylic acid groups (broad SMARTS) is 1. The molecule has 0 fully saturated rings. The number of pyridine rings is 1. The third-order valence-electron chi connectivity index (χ3n) is 2.35. The number of carbonyl (C=O) groups is 1. The maximum Gasteiger partial charge on any atom is 0.313 e. The molecule has 2 aromatic heterocycles. The Hall–Kier alpha value is -1.89. The molecule has 0 unspecified atom stereocenters. The lowest BCUT2D eigenvalue weighted by molar-refractivity contribution is -0.133. The first kappa shape index (κ1) is 13.5. The van der Waals surface area contributed by atoms with Crippen molar-refractivity contribution in [3.8, 4) is 11.5 Å². The average molecular weight is 279 g/mol. The number of rotatable bonds is 5. The molecule has 0 atom stereocenters. The van der Waals surface area contributed by atoms with E-state index < -0.39 is 5.97 Å². The molecule has 6 nitrogen and oxygen atoms in total. The minimum atomic E-state index is -0.860. The highest BCUT2D eigenvalue weighted by Gasteiger charge is 2.12. The molecule has 0 radical (unpaired) electrons. The van der Waals surface area contributed by atoms with Crippen molar-refractivity contribution in [3.63, 3.8) is 0 Å². The molecular weight excluding hydrogens is 266 g/mol. The van der Waals surface area contributed by atoms with E-state index in [1.807, 2.05) is 19.9 Å². The fourth-order valence-electron chi connectivity index (χ4n) is 1.58. The number of aliphatic carboxylic acids is 1. The topological polar surface area (TPSA) is 89.1 Å². The highest BCUT2D eigenvalue weighted by molar-refractivity contribution is 7.99. The zero-order chi connectivity index (χ0) is 13.8. The summed E-state index contributed by atoms with van der Waals surface area (Å²) in [5.74, 6) is 0.372. The largest absolute Gasteiger partial charge is 0.481 e. The highest BCUT2D eigenvalue weighted by atomic mass is 32.2. The molecule has 19 heavy (non-hydrogen) atoms. The Labute approximate surface area is 114 Å². The van der Waals surface area contributed by atoms with E-state index in [-0.39, 0.29) is 5.75 Å². The van der Waals surface area contributed by atoms with Gasteiger partial charge in [0, 0.05) is 6.20 Å². The molecule has 0 amide bonds. The third kappa shape index (κ3) is 3.54. The first-order chi connectivity index (χ1) is 9.06. The van der Waals surface area contributed by atoms with Crippen molar-refractivity contribution < 1.29 is 14.4 Å². The molecule has 1 N–H and O–H groups in total. The molecule has 0 saturated heterocycles. The van der Waals surface area contributed by atoms with Crippen molar-refractivity contribution in [3.05, 3.63) is 29.3 Å². The number of thioether (sulfide) groups is 1. The first-order valence-corrected chi connectivity index (χ1v) is 6.77. The summed E-state index contributed by atoms with van der Waals surface area (Å²) in [6, 6.07) is 2.00. The van der Waals surface area contributed by atoms with Crippen LogP contribution in [0.3, 0.4) is 0 Å². The van der Waals surface area contributed by atoms with Crippen LogP contribution >= 0.6 is 11.8 Å². The number of hydrogen-bond acceptors (Lipinski definition) is 6. The normalized spacial score (nSPS) is 10.6. The molecule has 0 bridgehead atoms. The van der Waals surface area contributed by atoms with Crippen LogP contribution in [0.25, 0.3) is 11.5 Å². The van der Waals surface area contributed by atoms with Gasteiger partial charge in [0.2, 0.25) is 11.7 Å². The second kappa shape index (κ2) is 5.83. The van der Waals surface area contributed by atoms with Gasteiger partial charge in [0.25, 0.3) is 0 Å². The maximum atomic E-state index is 10.4. The molecule has 7 heteroatoms. The molecule has 0 spiro atoms. The van der Waals surface area contributed by atoms with E-state index in [1.54, 1.807) is 6.20 Å².